The zero-order chi connectivity index (χ0) is 49.2. The molecule has 0 amide bonds. The lowest BCUT2D eigenvalue weighted by Gasteiger charge is -2.18. The normalized spacial score (nSPS) is 13.3. The summed E-state index contributed by atoms with van der Waals surface area (Å²) in [5.74, 6) is -0.470. The van der Waals surface area contributed by atoms with Gasteiger partial charge in [0.1, 0.15) is 6.61 Å². The van der Waals surface area contributed by atoms with Gasteiger partial charge in [-0.3, -0.25) is 9.59 Å². The highest BCUT2D eigenvalue weighted by atomic mass is 16.6. The molecular formula is C63H102O5. The van der Waals surface area contributed by atoms with Crippen LogP contribution in [0.15, 0.2) is 134 Å². The largest absolute Gasteiger partial charge is 0.462 e. The Labute approximate surface area is 419 Å². The molecule has 0 aromatic heterocycles. The van der Waals surface area contributed by atoms with Crippen LogP contribution in [0.5, 0.6) is 0 Å². The highest BCUT2D eigenvalue weighted by Crippen LogP contribution is 2.13. The second-order valence-electron chi connectivity index (χ2n) is 17.7. The minimum absolute atomic E-state index is 0.0362. The minimum Gasteiger partial charge on any atom is -0.462 e. The van der Waals surface area contributed by atoms with E-state index in [1.54, 1.807) is 0 Å². The molecule has 5 heteroatoms. The molecule has 0 fully saturated rings. The Morgan fingerprint density at radius 3 is 1.06 bits per heavy atom. The van der Waals surface area contributed by atoms with Crippen molar-refractivity contribution >= 4 is 11.9 Å². The van der Waals surface area contributed by atoms with Gasteiger partial charge in [-0.25, -0.2) is 0 Å². The van der Waals surface area contributed by atoms with Crippen molar-refractivity contribution < 1.29 is 23.8 Å². The predicted octanol–water partition coefficient (Wildman–Crippen LogP) is 19.1. The number of carbonyl (C=O) groups excluding carboxylic acids is 2. The lowest BCUT2D eigenvalue weighted by molar-refractivity contribution is -0.162. The van der Waals surface area contributed by atoms with E-state index < -0.39 is 6.10 Å². The molecule has 0 saturated heterocycles. The van der Waals surface area contributed by atoms with Crippen LogP contribution < -0.4 is 0 Å². The molecule has 1 unspecified atom stereocenters. The summed E-state index contributed by atoms with van der Waals surface area (Å²) in [7, 11) is 0. The molecule has 1 atom stereocenters. The summed E-state index contributed by atoms with van der Waals surface area (Å²) in [5.41, 5.74) is 0. The van der Waals surface area contributed by atoms with Crippen molar-refractivity contribution in [3.05, 3.63) is 134 Å². The molecule has 0 heterocycles. The van der Waals surface area contributed by atoms with Crippen LogP contribution in [-0.4, -0.2) is 37.9 Å². The van der Waals surface area contributed by atoms with Crippen LogP contribution in [0.2, 0.25) is 0 Å². The van der Waals surface area contributed by atoms with Gasteiger partial charge in [0.25, 0.3) is 0 Å². The number of hydrogen-bond donors (Lipinski definition) is 0. The number of rotatable bonds is 49. The zero-order valence-electron chi connectivity index (χ0n) is 44.1. The van der Waals surface area contributed by atoms with E-state index in [1.807, 2.05) is 0 Å². The van der Waals surface area contributed by atoms with Crippen LogP contribution in [0.25, 0.3) is 0 Å². The Bertz CT molecular complexity index is 1430. The van der Waals surface area contributed by atoms with E-state index in [-0.39, 0.29) is 25.2 Å². The van der Waals surface area contributed by atoms with E-state index in [0.29, 0.717) is 19.4 Å². The smallest absolute Gasteiger partial charge is 0.306 e. The van der Waals surface area contributed by atoms with Gasteiger partial charge in [-0.05, 0) is 122 Å². The summed E-state index contributed by atoms with van der Waals surface area (Å²) in [6.07, 6.45) is 82.0. The van der Waals surface area contributed by atoms with Crippen molar-refractivity contribution in [1.82, 2.24) is 0 Å². The molecule has 68 heavy (non-hydrogen) atoms. The van der Waals surface area contributed by atoms with Crippen LogP contribution in [0.1, 0.15) is 226 Å². The van der Waals surface area contributed by atoms with Gasteiger partial charge < -0.3 is 14.2 Å². The van der Waals surface area contributed by atoms with Crippen molar-refractivity contribution in [2.24, 2.45) is 0 Å². The molecule has 0 radical (unpaired) electrons. The summed E-state index contributed by atoms with van der Waals surface area (Å²) >= 11 is 0. The van der Waals surface area contributed by atoms with Crippen LogP contribution >= 0.6 is 0 Å². The first-order valence-electron chi connectivity index (χ1n) is 27.7. The summed E-state index contributed by atoms with van der Waals surface area (Å²) in [4.78, 5) is 25.5. The molecule has 0 bridgehead atoms. The molecule has 5 nitrogen and oxygen atoms in total. The van der Waals surface area contributed by atoms with E-state index in [0.717, 1.165) is 122 Å². The standard InChI is InChI=1S/C63H102O5/c1-4-7-10-13-16-19-22-25-28-31-32-34-35-38-41-44-47-50-53-56-62(64)67-60-61(59-66-58-55-52-49-46-43-40-37-30-27-24-21-18-15-12-9-6-3)68-63(65)57-54-51-48-45-42-39-36-33-29-26-23-20-17-14-11-8-5-2/h7,9-10,12,16-21,25-30,32,34,40,43,49,52,61H,4-6,8,11,13-15,22-24,31,33,35-39,41-42,44-48,50-51,53-60H2,1-3H3/b10-7-,12-9-,19-16-,20-17-,21-18-,28-25-,29-26-,30-27-,34-32-,43-40-,52-49-. The Balaban J connectivity index is 4.44. The number of carbonyl (C=O) groups is 2. The highest BCUT2D eigenvalue weighted by Gasteiger charge is 2.17. The summed E-state index contributed by atoms with van der Waals surface area (Å²) in [6.45, 7) is 7.33. The first kappa shape index (κ1) is 64.0. The topological polar surface area (TPSA) is 61.8 Å². The van der Waals surface area contributed by atoms with Crippen LogP contribution in [-0.2, 0) is 23.8 Å². The van der Waals surface area contributed by atoms with E-state index in [2.05, 4.69) is 154 Å². The monoisotopic (exact) mass is 939 g/mol. The van der Waals surface area contributed by atoms with E-state index in [4.69, 9.17) is 14.2 Å². The average molecular weight is 940 g/mol. The van der Waals surface area contributed by atoms with Gasteiger partial charge in [0.05, 0.1) is 13.2 Å². The molecule has 0 rings (SSSR count). The molecular weight excluding hydrogens is 837 g/mol. The molecule has 0 aliphatic heterocycles. The van der Waals surface area contributed by atoms with Gasteiger partial charge in [0, 0.05) is 12.8 Å². The van der Waals surface area contributed by atoms with Gasteiger partial charge in [-0.1, -0.05) is 225 Å². The summed E-state index contributed by atoms with van der Waals surface area (Å²) in [5, 5.41) is 0. The quantitative estimate of drug-likeness (QED) is 0.0345. The minimum atomic E-state index is -0.596. The third-order valence-corrected chi connectivity index (χ3v) is 11.2. The summed E-state index contributed by atoms with van der Waals surface area (Å²) in [6, 6.07) is 0. The maximum atomic E-state index is 12.8. The molecule has 0 saturated carbocycles. The highest BCUT2D eigenvalue weighted by molar-refractivity contribution is 5.70. The molecule has 0 spiro atoms. The maximum absolute atomic E-state index is 12.8. The number of hydrogen-bond acceptors (Lipinski definition) is 5. The molecule has 384 valence electrons. The van der Waals surface area contributed by atoms with E-state index >= 15 is 0 Å². The molecule has 0 aromatic rings. The molecule has 0 aliphatic carbocycles. The fourth-order valence-corrected chi connectivity index (χ4v) is 7.12. The van der Waals surface area contributed by atoms with Crippen molar-refractivity contribution in [1.29, 1.82) is 0 Å². The zero-order valence-corrected chi connectivity index (χ0v) is 44.1. The number of allylic oxidation sites excluding steroid dienone is 21. The van der Waals surface area contributed by atoms with Gasteiger partial charge >= 0.3 is 11.9 Å². The van der Waals surface area contributed by atoms with Crippen molar-refractivity contribution in [2.75, 3.05) is 19.8 Å². The number of ether oxygens (including phenoxy) is 3. The molecule has 0 N–H and O–H groups in total. The lowest BCUT2D eigenvalue weighted by atomic mass is 10.1. The second kappa shape index (κ2) is 57.4. The van der Waals surface area contributed by atoms with Gasteiger partial charge in [-0.15, -0.1) is 0 Å². The Kier molecular flexibility index (Phi) is 54.0. The van der Waals surface area contributed by atoms with Crippen molar-refractivity contribution in [2.45, 2.75) is 232 Å². The molecule has 0 aliphatic rings. The number of esters is 2. The Hall–Kier alpha value is -3.96. The second-order valence-corrected chi connectivity index (χ2v) is 17.7. The Morgan fingerprint density at radius 1 is 0.338 bits per heavy atom. The summed E-state index contributed by atoms with van der Waals surface area (Å²) < 4.78 is 17.3. The van der Waals surface area contributed by atoms with Crippen LogP contribution in [0, 0.1) is 0 Å². The third-order valence-electron chi connectivity index (χ3n) is 11.2. The lowest BCUT2D eigenvalue weighted by Crippen LogP contribution is -2.30. The predicted molar refractivity (Wildman–Crippen MR) is 297 cm³/mol. The fraction of sp³-hybridized carbons (Fsp3) is 0.619. The Morgan fingerprint density at radius 2 is 0.662 bits per heavy atom. The first-order chi connectivity index (χ1) is 33.6. The van der Waals surface area contributed by atoms with E-state index in [9.17, 15) is 9.59 Å². The average Bonchev–Trinajstić information content (AvgIpc) is 3.34. The molecule has 0 aromatic carbocycles. The van der Waals surface area contributed by atoms with Crippen molar-refractivity contribution in [3.63, 3.8) is 0 Å². The van der Waals surface area contributed by atoms with Gasteiger partial charge in [-0.2, -0.15) is 0 Å². The van der Waals surface area contributed by atoms with E-state index in [1.165, 1.54) is 70.6 Å². The number of unbranched alkanes of at least 4 members (excludes halogenated alkanes) is 16. The maximum Gasteiger partial charge on any atom is 0.306 e. The SMILES string of the molecule is CC/C=C\C/C=C\C/C=C\C/C=C\C/C=C\CCOCC(COC(=O)CCCCCCCC/C=C\C/C=C\C/C=C\C/C=C\CC)OC(=O)CCCCCCCCC/C=C\C/C=C\CCCCC. The van der Waals surface area contributed by atoms with Gasteiger partial charge in [0.15, 0.2) is 6.10 Å². The van der Waals surface area contributed by atoms with Crippen LogP contribution in [0.3, 0.4) is 0 Å². The van der Waals surface area contributed by atoms with Crippen molar-refractivity contribution in [3.8, 4) is 0 Å². The van der Waals surface area contributed by atoms with Gasteiger partial charge in [0.2, 0.25) is 0 Å². The fourth-order valence-electron chi connectivity index (χ4n) is 7.12. The van der Waals surface area contributed by atoms with Crippen LogP contribution in [0.4, 0.5) is 0 Å². The first-order valence-corrected chi connectivity index (χ1v) is 27.7. The third kappa shape index (κ3) is 54.6.